The molecule has 1 atom stereocenters. The van der Waals surface area contributed by atoms with Gasteiger partial charge in [-0.1, -0.05) is 24.6 Å². The van der Waals surface area contributed by atoms with E-state index in [2.05, 4.69) is 27.0 Å². The van der Waals surface area contributed by atoms with Crippen LogP contribution in [0.1, 0.15) is 25.7 Å². The second-order valence-electron chi connectivity index (χ2n) is 6.58. The van der Waals surface area contributed by atoms with E-state index in [1.54, 1.807) is 6.33 Å². The minimum absolute atomic E-state index is 0.714. The van der Waals surface area contributed by atoms with Gasteiger partial charge < -0.3 is 4.90 Å². The van der Waals surface area contributed by atoms with Crippen molar-refractivity contribution in [2.45, 2.75) is 36.8 Å². The largest absolute Gasteiger partial charge is 0.303 e. The number of benzene rings is 1. The summed E-state index contributed by atoms with van der Waals surface area (Å²) in [6.45, 7) is 1.23. The predicted octanol–water partition coefficient (Wildman–Crippen LogP) is 3.78. The van der Waals surface area contributed by atoms with Crippen LogP contribution >= 0.6 is 11.8 Å². The van der Waals surface area contributed by atoms with Crippen molar-refractivity contribution in [1.29, 1.82) is 0 Å². The van der Waals surface area contributed by atoms with Crippen LogP contribution in [0.2, 0.25) is 0 Å². The van der Waals surface area contributed by atoms with E-state index in [1.165, 1.54) is 32.2 Å². The van der Waals surface area contributed by atoms with Crippen LogP contribution in [0.4, 0.5) is 0 Å². The van der Waals surface area contributed by atoms with Gasteiger partial charge in [-0.3, -0.25) is 0 Å². The van der Waals surface area contributed by atoms with E-state index < -0.39 is 0 Å². The maximum Gasteiger partial charge on any atom is 0.167 e. The van der Waals surface area contributed by atoms with Crippen molar-refractivity contribution in [2.75, 3.05) is 19.3 Å². The van der Waals surface area contributed by atoms with Gasteiger partial charge in [-0.15, -0.1) is 11.8 Å². The Bertz CT molecular complexity index is 832. The number of hydrogen-bond donors (Lipinski definition) is 0. The third-order valence-electron chi connectivity index (χ3n) is 4.94. The fourth-order valence-corrected chi connectivity index (χ4v) is 4.50. The maximum absolute atomic E-state index is 4.53. The van der Waals surface area contributed by atoms with E-state index in [4.69, 9.17) is 0 Å². The van der Waals surface area contributed by atoms with Crippen LogP contribution in [0.5, 0.6) is 0 Å². The molecule has 3 heterocycles. The molecule has 0 saturated carbocycles. The van der Waals surface area contributed by atoms with Gasteiger partial charge in [0.2, 0.25) is 0 Å². The summed E-state index contributed by atoms with van der Waals surface area (Å²) in [6, 6.07) is 10.8. The van der Waals surface area contributed by atoms with Gasteiger partial charge in [-0.05, 0) is 45.0 Å². The molecule has 1 aliphatic heterocycles. The van der Waals surface area contributed by atoms with E-state index >= 15 is 0 Å². The summed E-state index contributed by atoms with van der Waals surface area (Å²) in [5, 5.41) is 6.60. The zero-order valence-corrected chi connectivity index (χ0v) is 15.3. The molecule has 5 nitrogen and oxygen atoms in total. The molecule has 0 radical (unpaired) electrons. The fourth-order valence-electron chi connectivity index (χ4n) is 3.50. The molecule has 25 heavy (non-hydrogen) atoms. The monoisotopic (exact) mass is 353 g/mol. The molecule has 1 unspecified atom stereocenters. The lowest BCUT2D eigenvalue weighted by Crippen LogP contribution is -2.36. The molecular weight excluding hydrogens is 330 g/mol. The van der Waals surface area contributed by atoms with Crippen LogP contribution in [-0.2, 0) is 0 Å². The third-order valence-corrected chi connectivity index (χ3v) is 5.98. The van der Waals surface area contributed by atoms with Gasteiger partial charge in [-0.25, -0.2) is 14.6 Å². The summed E-state index contributed by atoms with van der Waals surface area (Å²) in [6.07, 6.45) is 8.77. The van der Waals surface area contributed by atoms with Crippen LogP contribution in [-0.4, -0.2) is 50.0 Å². The van der Waals surface area contributed by atoms with Gasteiger partial charge in [0.05, 0.1) is 17.3 Å². The number of hydrogen-bond acceptors (Lipinski definition) is 5. The first-order chi connectivity index (χ1) is 12.3. The molecule has 3 aromatic rings. The van der Waals surface area contributed by atoms with Gasteiger partial charge in [0.25, 0.3) is 0 Å². The molecule has 2 aromatic heterocycles. The number of nitrogens with zero attached hydrogens (tertiary/aromatic N) is 5. The highest BCUT2D eigenvalue weighted by Crippen LogP contribution is 2.28. The number of aromatic nitrogens is 4. The highest BCUT2D eigenvalue weighted by atomic mass is 32.2. The molecule has 0 spiro atoms. The van der Waals surface area contributed by atoms with Crippen LogP contribution in [0.15, 0.2) is 47.9 Å². The fraction of sp³-hybridized carbons (Fsp3) is 0.421. The minimum atomic E-state index is 0.714. The lowest BCUT2D eigenvalue weighted by molar-refractivity contribution is 0.182. The Labute approximate surface area is 152 Å². The molecule has 0 N–H and O–H groups in total. The number of rotatable bonds is 5. The average Bonchev–Trinajstić information content (AvgIpc) is 3.09. The molecule has 0 amide bonds. The van der Waals surface area contributed by atoms with E-state index in [0.717, 1.165) is 27.5 Å². The number of piperidine rings is 1. The van der Waals surface area contributed by atoms with Crippen molar-refractivity contribution < 1.29 is 0 Å². The standard InChI is InChI=1S/C19H23N5S/c1-23-11-6-5-7-15(23)10-12-25-19-17-13-22-24(18(17)20-14-21-19)16-8-3-2-4-9-16/h2-4,8-9,13-15H,5-7,10-12H2,1H3. The Hall–Kier alpha value is -1.92. The van der Waals surface area contributed by atoms with Crippen molar-refractivity contribution >= 4 is 22.8 Å². The molecule has 1 fully saturated rings. The van der Waals surface area contributed by atoms with Gasteiger partial charge >= 0.3 is 0 Å². The smallest absolute Gasteiger partial charge is 0.167 e. The molecule has 4 rings (SSSR count). The van der Waals surface area contributed by atoms with E-state index in [-0.39, 0.29) is 0 Å². The molecule has 1 saturated heterocycles. The number of fused-ring (bicyclic) bond motifs is 1. The minimum Gasteiger partial charge on any atom is -0.303 e. The summed E-state index contributed by atoms with van der Waals surface area (Å²) >= 11 is 1.82. The Morgan fingerprint density at radius 2 is 2.04 bits per heavy atom. The highest BCUT2D eigenvalue weighted by Gasteiger charge is 2.19. The summed E-state index contributed by atoms with van der Waals surface area (Å²) in [4.78, 5) is 11.5. The van der Waals surface area contributed by atoms with Crippen LogP contribution < -0.4 is 0 Å². The lowest BCUT2D eigenvalue weighted by Gasteiger charge is -2.32. The molecule has 1 aromatic carbocycles. The summed E-state index contributed by atoms with van der Waals surface area (Å²) in [7, 11) is 2.25. The molecule has 0 bridgehead atoms. The van der Waals surface area contributed by atoms with Crippen LogP contribution in [0.3, 0.4) is 0 Å². The van der Waals surface area contributed by atoms with Gasteiger partial charge in [0.1, 0.15) is 11.4 Å². The first kappa shape index (κ1) is 16.5. The van der Waals surface area contributed by atoms with Gasteiger partial charge in [-0.2, -0.15) is 5.10 Å². The zero-order chi connectivity index (χ0) is 17.1. The van der Waals surface area contributed by atoms with Crippen molar-refractivity contribution in [2.24, 2.45) is 0 Å². The van der Waals surface area contributed by atoms with Crippen LogP contribution in [0, 0.1) is 0 Å². The summed E-state index contributed by atoms with van der Waals surface area (Å²) in [5.74, 6) is 1.08. The van der Waals surface area contributed by atoms with Crippen molar-refractivity contribution in [3.05, 3.63) is 42.9 Å². The molecular formula is C19H23N5S. The number of likely N-dealkylation sites (tertiary alicyclic amines) is 1. The first-order valence-electron chi connectivity index (χ1n) is 8.90. The van der Waals surface area contributed by atoms with Gasteiger partial charge in [0.15, 0.2) is 5.65 Å². The Morgan fingerprint density at radius 3 is 2.88 bits per heavy atom. The quantitative estimate of drug-likeness (QED) is 0.516. The third kappa shape index (κ3) is 3.55. The van der Waals surface area contributed by atoms with E-state index in [9.17, 15) is 0 Å². The van der Waals surface area contributed by atoms with E-state index in [1.807, 2.05) is 53.0 Å². The predicted molar refractivity (Wildman–Crippen MR) is 102 cm³/mol. The number of para-hydroxylation sites is 1. The maximum atomic E-state index is 4.53. The van der Waals surface area contributed by atoms with Crippen molar-refractivity contribution in [3.63, 3.8) is 0 Å². The molecule has 130 valence electrons. The summed E-state index contributed by atoms with van der Waals surface area (Å²) < 4.78 is 1.88. The highest BCUT2D eigenvalue weighted by molar-refractivity contribution is 7.99. The van der Waals surface area contributed by atoms with Crippen LogP contribution in [0.25, 0.3) is 16.7 Å². The number of thioether (sulfide) groups is 1. The second kappa shape index (κ2) is 7.54. The Balaban J connectivity index is 1.50. The Kier molecular flexibility index (Phi) is 4.99. The zero-order valence-electron chi connectivity index (χ0n) is 14.5. The average molecular weight is 353 g/mol. The molecule has 0 aliphatic carbocycles. The van der Waals surface area contributed by atoms with Crippen molar-refractivity contribution in [1.82, 2.24) is 24.6 Å². The molecule has 1 aliphatic rings. The lowest BCUT2D eigenvalue weighted by atomic mass is 10.0. The molecule has 6 heteroatoms. The second-order valence-corrected chi connectivity index (χ2v) is 7.66. The van der Waals surface area contributed by atoms with Gasteiger partial charge in [0, 0.05) is 11.8 Å². The SMILES string of the molecule is CN1CCCCC1CCSc1ncnc2c1cnn2-c1ccccc1. The Morgan fingerprint density at radius 1 is 1.16 bits per heavy atom. The topological polar surface area (TPSA) is 46.8 Å². The first-order valence-corrected chi connectivity index (χ1v) is 9.88. The summed E-state index contributed by atoms with van der Waals surface area (Å²) in [5.41, 5.74) is 1.90. The normalized spacial score (nSPS) is 18.7. The van der Waals surface area contributed by atoms with E-state index in [0.29, 0.717) is 6.04 Å². The van der Waals surface area contributed by atoms with Crippen molar-refractivity contribution in [3.8, 4) is 5.69 Å².